The summed E-state index contributed by atoms with van der Waals surface area (Å²) < 4.78 is 0. The molecule has 0 saturated heterocycles. The topological polar surface area (TPSA) is 113 Å². The summed E-state index contributed by atoms with van der Waals surface area (Å²) in [5.41, 5.74) is 7.85. The first-order chi connectivity index (χ1) is 15.1. The molecule has 0 spiro atoms. The maximum Gasteiger partial charge on any atom is 0.268 e. The summed E-state index contributed by atoms with van der Waals surface area (Å²) in [6.07, 6.45) is 8.13. The van der Waals surface area contributed by atoms with Gasteiger partial charge >= 0.3 is 0 Å². The number of rotatable bonds is 7. The van der Waals surface area contributed by atoms with Crippen LogP contribution in [0.25, 0.3) is 10.9 Å². The number of aromatic nitrogens is 2. The fourth-order valence-corrected chi connectivity index (χ4v) is 4.27. The van der Waals surface area contributed by atoms with Crippen LogP contribution in [-0.2, 0) is 11.3 Å². The van der Waals surface area contributed by atoms with E-state index in [1.165, 1.54) is 19.3 Å². The highest BCUT2D eigenvalue weighted by Crippen LogP contribution is 2.27. The number of anilines is 1. The van der Waals surface area contributed by atoms with Crippen LogP contribution in [0.15, 0.2) is 48.7 Å². The van der Waals surface area contributed by atoms with E-state index in [1.807, 2.05) is 36.4 Å². The third-order valence-corrected chi connectivity index (χ3v) is 6.00. The van der Waals surface area contributed by atoms with Crippen LogP contribution < -0.4 is 16.4 Å². The van der Waals surface area contributed by atoms with Gasteiger partial charge in [0.15, 0.2) is 0 Å². The normalized spacial score (nSPS) is 15.5. The molecule has 2 heterocycles. The minimum Gasteiger partial charge on any atom is -0.384 e. The van der Waals surface area contributed by atoms with Crippen LogP contribution in [0, 0.1) is 5.92 Å². The number of fused-ring (bicyclic) bond motifs is 1. The van der Waals surface area contributed by atoms with Crippen LogP contribution >= 0.6 is 0 Å². The van der Waals surface area contributed by atoms with Crippen molar-refractivity contribution in [2.75, 3.05) is 5.73 Å². The van der Waals surface area contributed by atoms with Gasteiger partial charge in [-0.1, -0.05) is 56.4 Å². The van der Waals surface area contributed by atoms with Gasteiger partial charge in [0.1, 0.15) is 17.6 Å². The van der Waals surface area contributed by atoms with Crippen LogP contribution in [-0.4, -0.2) is 27.8 Å². The first-order valence-corrected chi connectivity index (χ1v) is 11.0. The molecule has 1 atom stereocenters. The molecule has 2 aromatic heterocycles. The highest BCUT2D eigenvalue weighted by molar-refractivity contribution is 6.00. The summed E-state index contributed by atoms with van der Waals surface area (Å²) in [4.78, 5) is 33.2. The van der Waals surface area contributed by atoms with Gasteiger partial charge in [0, 0.05) is 23.6 Å². The number of amides is 2. The van der Waals surface area contributed by atoms with Crippen LogP contribution in [0.3, 0.4) is 0 Å². The average Bonchev–Trinajstić information content (AvgIpc) is 3.23. The molecular weight excluding hydrogens is 390 g/mol. The van der Waals surface area contributed by atoms with E-state index in [4.69, 9.17) is 5.73 Å². The average molecular weight is 420 g/mol. The summed E-state index contributed by atoms with van der Waals surface area (Å²) in [6.45, 7) is 0.343. The zero-order valence-corrected chi connectivity index (χ0v) is 17.6. The number of carbonyl (C=O) groups excluding carboxylic acids is 2. The number of nitrogens with zero attached hydrogens (tertiary/aromatic N) is 1. The lowest BCUT2D eigenvalue weighted by Crippen LogP contribution is -2.47. The molecule has 7 heteroatoms. The van der Waals surface area contributed by atoms with E-state index >= 15 is 0 Å². The quantitative estimate of drug-likeness (QED) is 0.469. The van der Waals surface area contributed by atoms with E-state index in [1.54, 1.807) is 12.3 Å². The van der Waals surface area contributed by atoms with Crippen molar-refractivity contribution in [2.45, 2.75) is 51.1 Å². The Kier molecular flexibility index (Phi) is 6.50. The summed E-state index contributed by atoms with van der Waals surface area (Å²) >= 11 is 0. The number of nitrogen functional groups attached to an aromatic ring is 1. The molecule has 0 bridgehead atoms. The summed E-state index contributed by atoms with van der Waals surface area (Å²) in [5.74, 6) is 0.453. The smallest absolute Gasteiger partial charge is 0.268 e. The standard InChI is InChI=1S/C24H29N5O2/c25-22-11-10-17(14-26-22)15-27-23(30)20(12-16-6-2-1-3-7-16)29-24(31)21-13-18-8-4-5-9-19(18)28-21/h4-5,8-11,13-14,16,20,28H,1-3,6-7,12,15H2,(H2,25,26)(H,27,30)(H,29,31)/t20-/m0/s1. The van der Waals surface area contributed by atoms with Gasteiger partial charge in [-0.3, -0.25) is 9.59 Å². The Morgan fingerprint density at radius 1 is 1.13 bits per heavy atom. The third kappa shape index (κ3) is 5.42. The fraction of sp³-hybridized carbons (Fsp3) is 0.375. The molecule has 1 saturated carbocycles. The lowest BCUT2D eigenvalue weighted by atomic mass is 9.84. The van der Waals surface area contributed by atoms with Crippen molar-refractivity contribution in [3.05, 3.63) is 59.9 Å². The van der Waals surface area contributed by atoms with Crippen molar-refractivity contribution >= 4 is 28.5 Å². The molecule has 162 valence electrons. The fourth-order valence-electron chi connectivity index (χ4n) is 4.27. The number of benzene rings is 1. The Morgan fingerprint density at radius 2 is 1.94 bits per heavy atom. The lowest BCUT2D eigenvalue weighted by molar-refractivity contribution is -0.123. The molecule has 0 radical (unpaired) electrons. The van der Waals surface area contributed by atoms with E-state index in [0.717, 1.165) is 29.3 Å². The van der Waals surface area contributed by atoms with Gasteiger partial charge in [-0.25, -0.2) is 4.98 Å². The largest absolute Gasteiger partial charge is 0.384 e. The summed E-state index contributed by atoms with van der Waals surface area (Å²) in [7, 11) is 0. The molecule has 0 aliphatic heterocycles. The number of carbonyl (C=O) groups is 2. The Morgan fingerprint density at radius 3 is 2.68 bits per heavy atom. The van der Waals surface area contributed by atoms with Crippen molar-refractivity contribution in [2.24, 2.45) is 5.92 Å². The highest BCUT2D eigenvalue weighted by Gasteiger charge is 2.26. The zero-order chi connectivity index (χ0) is 21.6. The molecule has 4 rings (SSSR count). The third-order valence-electron chi connectivity index (χ3n) is 6.00. The molecule has 31 heavy (non-hydrogen) atoms. The highest BCUT2D eigenvalue weighted by atomic mass is 16.2. The number of H-pyrrole nitrogens is 1. The van der Waals surface area contributed by atoms with Crippen LogP contribution in [0.1, 0.15) is 54.6 Å². The van der Waals surface area contributed by atoms with E-state index in [9.17, 15) is 9.59 Å². The predicted octanol–water partition coefficient (Wildman–Crippen LogP) is 3.53. The second kappa shape index (κ2) is 9.64. The zero-order valence-electron chi connectivity index (χ0n) is 17.6. The number of para-hydroxylation sites is 1. The Balaban J connectivity index is 1.45. The van der Waals surface area contributed by atoms with Gasteiger partial charge in [0.2, 0.25) is 5.91 Å². The molecule has 3 aromatic rings. The van der Waals surface area contributed by atoms with Gasteiger partial charge in [0.05, 0.1) is 0 Å². The number of hydrogen-bond acceptors (Lipinski definition) is 4. The van der Waals surface area contributed by atoms with Crippen LogP contribution in [0.2, 0.25) is 0 Å². The first-order valence-electron chi connectivity index (χ1n) is 11.0. The van der Waals surface area contributed by atoms with Crippen molar-refractivity contribution in [3.63, 3.8) is 0 Å². The molecular formula is C24H29N5O2. The second-order valence-electron chi connectivity index (χ2n) is 8.35. The maximum absolute atomic E-state index is 13.0. The Hall–Kier alpha value is -3.35. The molecule has 1 fully saturated rings. The lowest BCUT2D eigenvalue weighted by Gasteiger charge is -2.26. The van der Waals surface area contributed by atoms with E-state index in [-0.39, 0.29) is 11.8 Å². The van der Waals surface area contributed by atoms with Gasteiger partial charge < -0.3 is 21.4 Å². The van der Waals surface area contributed by atoms with Crippen LogP contribution in [0.4, 0.5) is 5.82 Å². The summed E-state index contributed by atoms with van der Waals surface area (Å²) in [5, 5.41) is 6.88. The van der Waals surface area contributed by atoms with E-state index in [0.29, 0.717) is 30.4 Å². The minimum absolute atomic E-state index is 0.174. The predicted molar refractivity (Wildman–Crippen MR) is 121 cm³/mol. The number of nitrogens with two attached hydrogens (primary N) is 1. The molecule has 0 unspecified atom stereocenters. The van der Waals surface area contributed by atoms with E-state index in [2.05, 4.69) is 20.6 Å². The van der Waals surface area contributed by atoms with E-state index < -0.39 is 6.04 Å². The van der Waals surface area contributed by atoms with Gasteiger partial charge in [-0.05, 0) is 36.1 Å². The van der Waals surface area contributed by atoms with Crippen molar-refractivity contribution in [1.82, 2.24) is 20.6 Å². The van der Waals surface area contributed by atoms with Gasteiger partial charge in [0.25, 0.3) is 5.91 Å². The molecule has 7 nitrogen and oxygen atoms in total. The Labute approximate surface area is 181 Å². The van der Waals surface area contributed by atoms with Crippen molar-refractivity contribution < 1.29 is 9.59 Å². The number of pyridine rings is 1. The molecule has 1 aliphatic carbocycles. The molecule has 5 N–H and O–H groups in total. The van der Waals surface area contributed by atoms with Crippen molar-refractivity contribution in [3.8, 4) is 0 Å². The maximum atomic E-state index is 13.0. The second-order valence-corrected chi connectivity index (χ2v) is 8.35. The minimum atomic E-state index is -0.580. The Bertz CT molecular complexity index is 1000. The number of hydrogen-bond donors (Lipinski definition) is 4. The molecule has 1 aliphatic rings. The molecule has 1 aromatic carbocycles. The number of aromatic amines is 1. The first kappa shape index (κ1) is 20.9. The van der Waals surface area contributed by atoms with Crippen molar-refractivity contribution in [1.29, 1.82) is 0 Å². The summed E-state index contributed by atoms with van der Waals surface area (Å²) in [6, 6.07) is 12.5. The number of nitrogens with one attached hydrogen (secondary N) is 3. The SMILES string of the molecule is Nc1ccc(CNC(=O)[C@H](CC2CCCCC2)NC(=O)c2cc3ccccc3[nH]2)cn1. The monoisotopic (exact) mass is 419 g/mol. The molecule has 2 amide bonds. The van der Waals surface area contributed by atoms with Gasteiger partial charge in [-0.2, -0.15) is 0 Å². The van der Waals surface area contributed by atoms with Crippen LogP contribution in [0.5, 0.6) is 0 Å². The van der Waals surface area contributed by atoms with Gasteiger partial charge in [-0.15, -0.1) is 0 Å².